The average molecular weight is 198 g/mol. The van der Waals surface area contributed by atoms with Gasteiger partial charge in [0.25, 0.3) is 0 Å². The molecule has 68 valence electrons. The van der Waals surface area contributed by atoms with Crippen LogP contribution in [0.15, 0.2) is 18.2 Å². The van der Waals surface area contributed by atoms with Crippen molar-refractivity contribution < 1.29 is 23.9 Å². The molecule has 0 atom stereocenters. The molecule has 1 aliphatic rings. The fourth-order valence-corrected chi connectivity index (χ4v) is 2.49. The summed E-state index contributed by atoms with van der Waals surface area (Å²) in [5.74, 6) is -1.06. The lowest BCUT2D eigenvalue weighted by Crippen LogP contribution is -2.63. The molecule has 13 heavy (non-hydrogen) atoms. The zero-order chi connectivity index (χ0) is 9.64. The lowest BCUT2D eigenvalue weighted by atomic mass is 10.2. The molecule has 0 spiro atoms. The Morgan fingerprint density at radius 3 is 2.62 bits per heavy atom. The Labute approximate surface area is 74.2 Å². The van der Waals surface area contributed by atoms with Crippen molar-refractivity contribution in [3.8, 4) is 5.75 Å². The summed E-state index contributed by atoms with van der Waals surface area (Å²) in [5.41, 5.74) is -0.0382. The number of para-hydroxylation sites is 1. The standard InChI is InChI=1S/C7H6O5Si/c8-7(9)4-2-1-3-5-6(4)12-13(5,10)11/h1-3,10-11H,(H,8,9). The van der Waals surface area contributed by atoms with Crippen molar-refractivity contribution in [3.05, 3.63) is 23.8 Å². The van der Waals surface area contributed by atoms with Gasteiger partial charge in [-0.05, 0) is 6.07 Å². The topological polar surface area (TPSA) is 87.0 Å². The molecule has 5 nitrogen and oxygen atoms in total. The molecular weight excluding hydrogens is 192 g/mol. The molecule has 2 rings (SSSR count). The van der Waals surface area contributed by atoms with E-state index in [2.05, 4.69) is 4.43 Å². The summed E-state index contributed by atoms with van der Waals surface area (Å²) >= 11 is 0. The van der Waals surface area contributed by atoms with Crippen LogP contribution in [0.4, 0.5) is 0 Å². The number of fused-ring (bicyclic) bond motifs is 1. The minimum Gasteiger partial charge on any atom is -0.497 e. The predicted octanol–water partition coefficient (Wildman–Crippen LogP) is -1.09. The first kappa shape index (κ1) is 8.24. The van der Waals surface area contributed by atoms with Crippen LogP contribution in [0, 0.1) is 0 Å². The molecule has 1 aromatic carbocycles. The Kier molecular flexibility index (Phi) is 1.47. The number of hydrogen-bond donors (Lipinski definition) is 3. The van der Waals surface area contributed by atoms with Crippen molar-refractivity contribution in [1.82, 2.24) is 0 Å². The van der Waals surface area contributed by atoms with Crippen LogP contribution >= 0.6 is 0 Å². The maximum atomic E-state index is 10.6. The van der Waals surface area contributed by atoms with Crippen LogP contribution < -0.4 is 9.61 Å². The molecule has 1 aromatic rings. The van der Waals surface area contributed by atoms with Crippen LogP contribution in [0.3, 0.4) is 0 Å². The third kappa shape index (κ3) is 1.04. The number of aromatic carboxylic acids is 1. The smallest absolute Gasteiger partial charge is 0.497 e. The Bertz CT molecular complexity index is 386. The first-order valence-corrected chi connectivity index (χ1v) is 5.33. The highest BCUT2D eigenvalue weighted by Gasteiger charge is 2.51. The van der Waals surface area contributed by atoms with Gasteiger partial charge in [0.1, 0.15) is 11.3 Å². The van der Waals surface area contributed by atoms with Gasteiger partial charge in [-0.25, -0.2) is 4.79 Å². The fourth-order valence-electron chi connectivity index (χ4n) is 1.22. The van der Waals surface area contributed by atoms with Gasteiger partial charge in [-0.1, -0.05) is 12.1 Å². The summed E-state index contributed by atoms with van der Waals surface area (Å²) < 4.78 is 4.63. The molecule has 0 unspecified atom stereocenters. The molecule has 3 N–H and O–H groups in total. The molecule has 0 aromatic heterocycles. The number of rotatable bonds is 1. The number of carboxylic acid groups (broad SMARTS) is 1. The van der Waals surface area contributed by atoms with Crippen LogP contribution in [0.2, 0.25) is 0 Å². The second-order valence-electron chi connectivity index (χ2n) is 2.70. The molecule has 0 aliphatic carbocycles. The molecule has 6 heteroatoms. The van der Waals surface area contributed by atoms with E-state index >= 15 is 0 Å². The van der Waals surface area contributed by atoms with Gasteiger partial charge >= 0.3 is 14.8 Å². The normalized spacial score (nSPS) is 16.8. The number of carboxylic acids is 1. The van der Waals surface area contributed by atoms with Gasteiger partial charge in [-0.3, -0.25) is 0 Å². The minimum absolute atomic E-state index is 0.0382. The monoisotopic (exact) mass is 198 g/mol. The molecule has 0 amide bonds. The second-order valence-corrected chi connectivity index (χ2v) is 4.66. The van der Waals surface area contributed by atoms with E-state index < -0.39 is 14.8 Å². The van der Waals surface area contributed by atoms with Crippen LogP contribution in [0.5, 0.6) is 5.75 Å². The van der Waals surface area contributed by atoms with Crippen LogP contribution in [0.25, 0.3) is 0 Å². The predicted molar refractivity (Wildman–Crippen MR) is 43.9 cm³/mol. The van der Waals surface area contributed by atoms with Crippen molar-refractivity contribution >= 4 is 20.0 Å². The van der Waals surface area contributed by atoms with E-state index in [-0.39, 0.29) is 16.5 Å². The summed E-state index contributed by atoms with van der Waals surface area (Å²) in [6.07, 6.45) is 0. The lowest BCUT2D eigenvalue weighted by Gasteiger charge is -2.31. The number of hydrogen-bond acceptors (Lipinski definition) is 4. The van der Waals surface area contributed by atoms with Crippen LogP contribution in [0.1, 0.15) is 10.4 Å². The van der Waals surface area contributed by atoms with Crippen molar-refractivity contribution in [3.63, 3.8) is 0 Å². The molecule has 0 radical (unpaired) electrons. The SMILES string of the molecule is O=C(O)c1cccc2c1O[Si]2(O)O. The van der Waals surface area contributed by atoms with E-state index in [0.29, 0.717) is 0 Å². The summed E-state index contributed by atoms with van der Waals surface area (Å²) in [4.78, 5) is 28.9. The van der Waals surface area contributed by atoms with Gasteiger partial charge in [0, 0.05) is 0 Å². The summed E-state index contributed by atoms with van der Waals surface area (Å²) in [7, 11) is -3.71. The molecule has 1 heterocycles. The highest BCUT2D eigenvalue weighted by atomic mass is 28.4. The van der Waals surface area contributed by atoms with E-state index in [1.165, 1.54) is 18.2 Å². The summed E-state index contributed by atoms with van der Waals surface area (Å²) in [5, 5.41) is 8.88. The van der Waals surface area contributed by atoms with E-state index in [1.54, 1.807) is 0 Å². The van der Waals surface area contributed by atoms with Crippen molar-refractivity contribution in [2.75, 3.05) is 0 Å². The lowest BCUT2D eigenvalue weighted by molar-refractivity contribution is 0.0693. The molecule has 0 bridgehead atoms. The van der Waals surface area contributed by atoms with E-state index in [1.807, 2.05) is 0 Å². The summed E-state index contributed by atoms with van der Waals surface area (Å²) in [6, 6.07) is 4.27. The minimum atomic E-state index is -3.71. The second kappa shape index (κ2) is 2.31. The van der Waals surface area contributed by atoms with Crippen molar-refractivity contribution in [1.29, 1.82) is 0 Å². The average Bonchev–Trinajstić information content (AvgIpc) is 2.02. The van der Waals surface area contributed by atoms with Gasteiger partial charge in [0.2, 0.25) is 0 Å². The molecule has 0 saturated carbocycles. The molecule has 0 fully saturated rings. The quantitative estimate of drug-likeness (QED) is 0.499. The first-order chi connectivity index (χ1) is 6.02. The van der Waals surface area contributed by atoms with Crippen molar-refractivity contribution in [2.24, 2.45) is 0 Å². The van der Waals surface area contributed by atoms with E-state index in [4.69, 9.17) is 14.7 Å². The Morgan fingerprint density at radius 1 is 1.38 bits per heavy atom. The Morgan fingerprint density at radius 2 is 2.08 bits per heavy atom. The largest absolute Gasteiger partial charge is 0.601 e. The molecule has 0 saturated heterocycles. The first-order valence-electron chi connectivity index (χ1n) is 3.53. The van der Waals surface area contributed by atoms with Crippen LogP contribution in [-0.2, 0) is 0 Å². The number of benzene rings is 1. The van der Waals surface area contributed by atoms with E-state index in [0.717, 1.165) is 0 Å². The van der Waals surface area contributed by atoms with Crippen molar-refractivity contribution in [2.45, 2.75) is 0 Å². The zero-order valence-corrected chi connectivity index (χ0v) is 7.39. The van der Waals surface area contributed by atoms with Gasteiger partial charge in [0.05, 0.1) is 5.19 Å². The maximum absolute atomic E-state index is 10.6. The number of carbonyl (C=O) groups is 1. The van der Waals surface area contributed by atoms with Gasteiger partial charge < -0.3 is 19.1 Å². The highest BCUT2D eigenvalue weighted by molar-refractivity contribution is 6.78. The van der Waals surface area contributed by atoms with Gasteiger partial charge in [-0.2, -0.15) is 0 Å². The molecular formula is C7H6O5Si. The summed E-state index contributed by atoms with van der Waals surface area (Å²) in [6.45, 7) is 0. The Hall–Kier alpha value is -1.37. The zero-order valence-electron chi connectivity index (χ0n) is 6.39. The fraction of sp³-hybridized carbons (Fsp3) is 0. The molecule has 1 aliphatic heterocycles. The van der Waals surface area contributed by atoms with E-state index in [9.17, 15) is 4.79 Å². The highest BCUT2D eigenvalue weighted by Crippen LogP contribution is 2.27. The maximum Gasteiger partial charge on any atom is 0.601 e. The van der Waals surface area contributed by atoms with Crippen LogP contribution in [-0.4, -0.2) is 29.5 Å². The third-order valence-electron chi connectivity index (χ3n) is 1.84. The third-order valence-corrected chi connectivity index (χ3v) is 3.42. The van der Waals surface area contributed by atoms with Gasteiger partial charge in [-0.15, -0.1) is 0 Å². The Balaban J connectivity index is 2.56. The van der Waals surface area contributed by atoms with Gasteiger partial charge in [0.15, 0.2) is 0 Å².